The first-order valence-electron chi connectivity index (χ1n) is 15.1. The molecule has 0 radical (unpaired) electrons. The average Bonchev–Trinajstić information content (AvgIpc) is 3.74. The zero-order valence-electron chi connectivity index (χ0n) is 25.1. The van der Waals surface area contributed by atoms with E-state index in [2.05, 4.69) is 10.6 Å². The smallest absolute Gasteiger partial charge is 0.326 e. The SMILES string of the molecule is CC(C)C[C@H](N)C(=O)N[C@@H](CC(=O)O)C(=O)N1CCC[C@H]1C(=O)N[C@@H](CO)C(=O)N1CCC[C@H]1C(=O)N1CCC[C@H]1C(=O)O. The van der Waals surface area contributed by atoms with E-state index >= 15 is 0 Å². The van der Waals surface area contributed by atoms with E-state index in [1.807, 2.05) is 13.8 Å². The van der Waals surface area contributed by atoms with Crippen molar-refractivity contribution < 1.29 is 48.9 Å². The molecule has 0 bridgehead atoms. The fourth-order valence-electron chi connectivity index (χ4n) is 6.19. The van der Waals surface area contributed by atoms with Gasteiger partial charge in [-0.2, -0.15) is 0 Å². The van der Waals surface area contributed by atoms with Crippen LogP contribution in [0.25, 0.3) is 0 Å². The van der Waals surface area contributed by atoms with Crippen molar-refractivity contribution in [3.05, 3.63) is 0 Å². The Balaban J connectivity index is 1.69. The van der Waals surface area contributed by atoms with Crippen LogP contribution in [0.3, 0.4) is 0 Å². The lowest BCUT2D eigenvalue weighted by Crippen LogP contribution is -2.59. The summed E-state index contributed by atoms with van der Waals surface area (Å²) >= 11 is 0. The van der Waals surface area contributed by atoms with E-state index in [-0.39, 0.29) is 32.0 Å². The summed E-state index contributed by atoms with van der Waals surface area (Å²) < 4.78 is 0. The van der Waals surface area contributed by atoms with E-state index in [9.17, 15) is 48.9 Å². The van der Waals surface area contributed by atoms with Gasteiger partial charge in [-0.1, -0.05) is 13.8 Å². The molecule has 16 nitrogen and oxygen atoms in total. The molecule has 3 fully saturated rings. The van der Waals surface area contributed by atoms with Gasteiger partial charge in [0.1, 0.15) is 30.2 Å². The van der Waals surface area contributed by atoms with Crippen LogP contribution >= 0.6 is 0 Å². The molecule has 7 N–H and O–H groups in total. The lowest BCUT2D eigenvalue weighted by Gasteiger charge is -2.33. The Hall–Kier alpha value is -3.79. The highest BCUT2D eigenvalue weighted by Crippen LogP contribution is 2.26. The highest BCUT2D eigenvalue weighted by atomic mass is 16.4. The first-order chi connectivity index (χ1) is 20.8. The monoisotopic (exact) mass is 624 g/mol. The number of carbonyl (C=O) groups is 7. The topological polar surface area (TPSA) is 240 Å². The standard InChI is InChI=1S/C28H44N6O10/c1-15(2)12-16(29)23(38)30-17(13-22(36)37)25(40)32-9-3-6-19(32)24(39)31-18(14-35)26(41)33-10-4-7-20(33)27(42)34-11-5-8-21(34)28(43)44/h15-21,35H,3-14,29H2,1-2H3,(H,30,38)(H,31,39)(H,36,37)(H,43,44)/t16-,17-,18-,19-,20-,21-/m0/s1. The van der Waals surface area contributed by atoms with Crippen molar-refractivity contribution in [2.24, 2.45) is 11.7 Å². The maximum Gasteiger partial charge on any atom is 0.326 e. The number of likely N-dealkylation sites (tertiary alicyclic amines) is 3. The number of carbonyl (C=O) groups excluding carboxylic acids is 5. The first kappa shape index (κ1) is 34.7. The van der Waals surface area contributed by atoms with Gasteiger partial charge in [-0.05, 0) is 50.9 Å². The van der Waals surface area contributed by atoms with Gasteiger partial charge >= 0.3 is 11.9 Å². The number of nitrogens with two attached hydrogens (primary N) is 1. The van der Waals surface area contributed by atoms with Gasteiger partial charge in [-0.15, -0.1) is 0 Å². The summed E-state index contributed by atoms with van der Waals surface area (Å²) in [5.41, 5.74) is 5.90. The first-order valence-corrected chi connectivity index (χ1v) is 15.1. The quantitative estimate of drug-likeness (QED) is 0.129. The van der Waals surface area contributed by atoms with E-state index in [4.69, 9.17) is 5.73 Å². The number of aliphatic hydroxyl groups is 1. The predicted octanol–water partition coefficient (Wildman–Crippen LogP) is -2.15. The molecule has 0 aromatic carbocycles. The molecule has 5 amide bonds. The molecule has 0 saturated carbocycles. The Morgan fingerprint density at radius 2 is 1.30 bits per heavy atom. The van der Waals surface area contributed by atoms with Gasteiger partial charge < -0.3 is 46.4 Å². The predicted molar refractivity (Wildman–Crippen MR) is 152 cm³/mol. The van der Waals surface area contributed by atoms with Gasteiger partial charge in [-0.25, -0.2) is 4.79 Å². The van der Waals surface area contributed by atoms with Crippen molar-refractivity contribution in [1.82, 2.24) is 25.3 Å². The number of hydrogen-bond acceptors (Lipinski definition) is 9. The van der Waals surface area contributed by atoms with Gasteiger partial charge in [0.05, 0.1) is 19.1 Å². The largest absolute Gasteiger partial charge is 0.481 e. The number of carboxylic acids is 2. The van der Waals surface area contributed by atoms with Gasteiger partial charge in [0.2, 0.25) is 29.5 Å². The molecule has 3 aliphatic rings. The average molecular weight is 625 g/mol. The molecule has 3 heterocycles. The Morgan fingerprint density at radius 1 is 0.773 bits per heavy atom. The number of rotatable bonds is 13. The Morgan fingerprint density at radius 3 is 1.84 bits per heavy atom. The summed E-state index contributed by atoms with van der Waals surface area (Å²) in [4.78, 5) is 92.8. The second-order valence-corrected chi connectivity index (χ2v) is 12.0. The number of nitrogens with zero attached hydrogens (tertiary/aromatic N) is 3. The van der Waals surface area contributed by atoms with Gasteiger partial charge in [0.25, 0.3) is 0 Å². The minimum atomic E-state index is -1.47. The normalized spacial score (nSPS) is 23.8. The molecule has 3 aliphatic heterocycles. The Bertz CT molecular complexity index is 1130. The molecule has 0 aromatic heterocycles. The molecule has 16 heteroatoms. The molecule has 0 aromatic rings. The lowest BCUT2D eigenvalue weighted by atomic mass is 10.0. The van der Waals surface area contributed by atoms with Crippen LogP contribution < -0.4 is 16.4 Å². The third kappa shape index (κ3) is 8.22. The van der Waals surface area contributed by atoms with Crippen molar-refractivity contribution in [2.75, 3.05) is 26.2 Å². The number of aliphatic hydroxyl groups excluding tert-OH is 1. The van der Waals surface area contributed by atoms with E-state index < -0.39 is 90.8 Å². The third-order valence-corrected chi connectivity index (χ3v) is 8.33. The molecule has 44 heavy (non-hydrogen) atoms. The number of amides is 5. The minimum absolute atomic E-state index is 0.0778. The fourth-order valence-corrected chi connectivity index (χ4v) is 6.19. The Kier molecular flexibility index (Phi) is 12.0. The van der Waals surface area contributed by atoms with Crippen LogP contribution in [0.15, 0.2) is 0 Å². The summed E-state index contributed by atoms with van der Waals surface area (Å²) in [5.74, 6) is -5.82. The molecule has 0 spiro atoms. The zero-order valence-corrected chi connectivity index (χ0v) is 25.1. The molecule has 0 unspecified atom stereocenters. The molecule has 0 aliphatic carbocycles. The number of nitrogens with one attached hydrogen (secondary N) is 2. The van der Waals surface area contributed by atoms with Crippen LogP contribution in [0.5, 0.6) is 0 Å². The molecular weight excluding hydrogens is 580 g/mol. The van der Waals surface area contributed by atoms with Crippen LogP contribution in [0.4, 0.5) is 0 Å². The van der Waals surface area contributed by atoms with E-state index in [0.717, 1.165) is 4.90 Å². The summed E-state index contributed by atoms with van der Waals surface area (Å²) in [5, 5.41) is 33.8. The zero-order chi connectivity index (χ0) is 32.7. The van der Waals surface area contributed by atoms with Crippen LogP contribution in [-0.2, 0) is 33.6 Å². The Labute approximate surface area is 255 Å². The fraction of sp³-hybridized carbons (Fsp3) is 0.750. The van der Waals surface area contributed by atoms with Crippen molar-refractivity contribution in [2.45, 2.75) is 101 Å². The molecule has 3 rings (SSSR count). The van der Waals surface area contributed by atoms with Gasteiger partial charge in [0, 0.05) is 19.6 Å². The van der Waals surface area contributed by atoms with Crippen LogP contribution in [0, 0.1) is 5.92 Å². The molecule has 6 atom stereocenters. The summed E-state index contributed by atoms with van der Waals surface area (Å²) in [6.45, 7) is 3.45. The summed E-state index contributed by atoms with van der Waals surface area (Å²) in [6, 6.07) is -6.88. The van der Waals surface area contributed by atoms with Crippen LogP contribution in [0.1, 0.15) is 65.2 Å². The maximum absolute atomic E-state index is 13.4. The van der Waals surface area contributed by atoms with Crippen molar-refractivity contribution in [1.29, 1.82) is 0 Å². The van der Waals surface area contributed by atoms with E-state index in [1.165, 1.54) is 9.80 Å². The number of aliphatic carboxylic acids is 2. The second-order valence-electron chi connectivity index (χ2n) is 12.0. The maximum atomic E-state index is 13.4. The molecular formula is C28H44N6O10. The van der Waals surface area contributed by atoms with Gasteiger partial charge in [0.15, 0.2) is 0 Å². The van der Waals surface area contributed by atoms with Crippen LogP contribution in [0.2, 0.25) is 0 Å². The number of carboxylic acid groups (broad SMARTS) is 2. The van der Waals surface area contributed by atoms with Crippen LogP contribution in [-0.4, -0.2) is 134 Å². The molecule has 246 valence electrons. The highest BCUT2D eigenvalue weighted by Gasteiger charge is 2.45. The molecule has 3 saturated heterocycles. The summed E-state index contributed by atoms with van der Waals surface area (Å²) in [6.07, 6.45) is 1.79. The van der Waals surface area contributed by atoms with Crippen molar-refractivity contribution >= 4 is 41.5 Å². The highest BCUT2D eigenvalue weighted by molar-refractivity contribution is 5.97. The van der Waals surface area contributed by atoms with Crippen molar-refractivity contribution in [3.63, 3.8) is 0 Å². The third-order valence-electron chi connectivity index (χ3n) is 8.33. The van der Waals surface area contributed by atoms with E-state index in [1.54, 1.807) is 0 Å². The van der Waals surface area contributed by atoms with Crippen molar-refractivity contribution in [3.8, 4) is 0 Å². The second kappa shape index (κ2) is 15.3. The minimum Gasteiger partial charge on any atom is -0.481 e. The van der Waals surface area contributed by atoms with E-state index in [0.29, 0.717) is 38.5 Å². The number of hydrogen-bond donors (Lipinski definition) is 6. The lowest BCUT2D eigenvalue weighted by molar-refractivity contribution is -0.152. The van der Waals surface area contributed by atoms with Gasteiger partial charge in [-0.3, -0.25) is 28.8 Å². The summed E-state index contributed by atoms with van der Waals surface area (Å²) in [7, 11) is 0.